The summed E-state index contributed by atoms with van der Waals surface area (Å²) in [6.07, 6.45) is -0.666. The van der Waals surface area contributed by atoms with Crippen molar-refractivity contribution < 1.29 is 66.3 Å². The number of nitrogens with zero attached hydrogens (tertiary/aromatic N) is 9. The Kier molecular flexibility index (Phi) is 35.3. The van der Waals surface area contributed by atoms with E-state index in [1.54, 1.807) is 29.9 Å². The van der Waals surface area contributed by atoms with Crippen LogP contribution in [0.4, 0.5) is 4.39 Å². The molecule has 37 heteroatoms. The molecule has 3 unspecified atom stereocenters. The van der Waals surface area contributed by atoms with Gasteiger partial charge >= 0.3 is 0 Å². The zero-order valence-electron chi connectivity index (χ0n) is 80.8. The molecule has 6 aliphatic heterocycles. The van der Waals surface area contributed by atoms with E-state index in [-0.39, 0.29) is 47.2 Å². The van der Waals surface area contributed by atoms with Crippen LogP contribution in [-0.4, -0.2) is 252 Å². The molecule has 5 aromatic heterocycles. The zero-order chi connectivity index (χ0) is 97.0. The molecule has 11 aromatic rings. The number of aryl methyl sites for hydroxylation is 5. The number of rotatable bonds is 20. The third kappa shape index (κ3) is 27.3. The smallest absolute Gasteiger partial charge is 0.251 e. The number of hydrogen-bond donors (Lipinski definition) is 13. The molecule has 6 fully saturated rings. The number of imidazole rings is 1. The molecule has 13 N–H and O–H groups in total. The van der Waals surface area contributed by atoms with Crippen LogP contribution in [0.3, 0.4) is 0 Å². The van der Waals surface area contributed by atoms with E-state index in [1.165, 1.54) is 6.07 Å². The lowest BCUT2D eigenvalue weighted by molar-refractivity contribution is -0.136. The number of amides is 6. The molecule has 6 amide bonds. The van der Waals surface area contributed by atoms with E-state index in [1.807, 2.05) is 234 Å². The van der Waals surface area contributed by atoms with Crippen molar-refractivity contribution in [2.24, 2.45) is 34.1 Å². The Hall–Kier alpha value is -11.0. The predicted molar refractivity (Wildman–Crippen MR) is 518 cm³/mol. The first-order chi connectivity index (χ1) is 64.3. The largest absolute Gasteiger partial charge is 0.491 e. The van der Waals surface area contributed by atoms with E-state index in [0.29, 0.717) is 119 Å². The summed E-state index contributed by atoms with van der Waals surface area (Å²) in [5.74, 6) is 0.368. The molecule has 6 saturated heterocycles. The standard InChI is InChI=1S/3C17H24N4O2.C16H21FN4O2.C16H24N2O3.C15H19ClN4O2/c1-17(2,19-16(22)14-11-18-9-6-10-23-14)15-12-7-4-5-8-13(12)21(3)20-15;1-17(2,19-16(22)12-10-18-8-9-23-11-12)15-13-6-4-5-7-14(13)21(3)20-15;1-17(2,19-16(22)14-8-9-18-10-11-23-14)15-12-6-4-5-7-13(12)21(3)20-15;1-16(2,19-15(22)12-9-18-7-8-23-12)14-13-10(17)5-4-6-11(13)21(3)20-14;1-12-6-4-5-7-13(12)21-11-16(2,3)18-15(19)14-10-17-8-9-20-14;1-15(2,20-13(21)12-8-17-5-6-22-12)14-18-10-4-3-9(16)7-11(10)19-14/h4-5,7-8,14,18H,6,9-11H2,1-3H3,(H,19,22);4-7,12,18H,8-11H2,1-3H3,(H,19,22);4-7,14,18H,8-11H2,1-3H3,(H,19,22);4-6,12,18H,7-9H2,1-3H3,(H,19,22);4-7,14,17H,8-11H2,1-3H3,(H,18,19);3-4,7,12,17H,5-6,8H2,1-2H3,(H,18,19)(H,20,21)/t;;;12-;14-;12-/m...000/s1. The van der Waals surface area contributed by atoms with Crippen LogP contribution < -0.4 is 68.5 Å². The number of benzene rings is 6. The highest BCUT2D eigenvalue weighted by Crippen LogP contribution is 2.34. The van der Waals surface area contributed by atoms with Crippen molar-refractivity contribution in [2.75, 3.05) is 131 Å². The first kappa shape index (κ1) is 103. The average molecular weight is 1880 g/mol. The normalized spacial score (nSPS) is 19.3. The quantitative estimate of drug-likeness (QED) is 0.0348. The van der Waals surface area contributed by atoms with Crippen molar-refractivity contribution in [3.8, 4) is 5.75 Å². The third-order valence-electron chi connectivity index (χ3n) is 23.9. The topological polar surface area (TPSA) is 411 Å². The highest BCUT2D eigenvalue weighted by molar-refractivity contribution is 6.31. The number of hydrogen-bond acceptors (Lipinski definition) is 24. The van der Waals surface area contributed by atoms with Crippen LogP contribution in [0, 0.1) is 18.7 Å². The minimum absolute atomic E-state index is 0.000802. The Morgan fingerprint density at radius 2 is 0.830 bits per heavy atom. The summed E-state index contributed by atoms with van der Waals surface area (Å²) in [7, 11) is 7.52. The molecule has 6 aromatic carbocycles. The second-order valence-corrected chi connectivity index (χ2v) is 38.2. The predicted octanol–water partition coefficient (Wildman–Crippen LogP) is 7.63. The molecule has 17 rings (SSSR count). The van der Waals surface area contributed by atoms with Crippen molar-refractivity contribution in [2.45, 2.75) is 167 Å². The van der Waals surface area contributed by atoms with Crippen LogP contribution in [-0.2, 0) is 113 Å². The monoisotopic (exact) mass is 1880 g/mol. The van der Waals surface area contributed by atoms with E-state index in [0.717, 1.165) is 124 Å². The fourth-order valence-electron chi connectivity index (χ4n) is 16.6. The second kappa shape index (κ2) is 46.2. The molecule has 0 bridgehead atoms. The third-order valence-corrected chi connectivity index (χ3v) is 24.1. The fourth-order valence-corrected chi connectivity index (χ4v) is 16.8. The van der Waals surface area contributed by atoms with E-state index in [4.69, 9.17) is 44.8 Å². The van der Waals surface area contributed by atoms with Gasteiger partial charge in [-0.15, -0.1) is 0 Å². The Morgan fingerprint density at radius 3 is 1.34 bits per heavy atom. The molecule has 0 radical (unpaired) electrons. The highest BCUT2D eigenvalue weighted by Gasteiger charge is 2.39. The zero-order valence-corrected chi connectivity index (χ0v) is 81.6. The molecule has 135 heavy (non-hydrogen) atoms. The van der Waals surface area contributed by atoms with E-state index in [2.05, 4.69) is 94.2 Å². The van der Waals surface area contributed by atoms with E-state index >= 15 is 0 Å². The van der Waals surface area contributed by atoms with Gasteiger partial charge in [0.05, 0.1) is 140 Å². The highest BCUT2D eigenvalue weighted by atomic mass is 35.5. The SMILES string of the molecule is CC(C)(NC(=O)[C@@H]1CNCCO1)c1nc2ccc(Cl)cc2[nH]1.Cc1ccccc1OCC(C)(C)NC(=O)[C@@H]1CNCCO1.Cn1nc(C(C)(C)NC(=O)C2CCNCCO2)c2ccccc21.Cn1nc(C(C)(C)NC(=O)C2CNCCCO2)c2ccccc21.Cn1nc(C(C)(C)NC(=O)C2CNCCOC2)c2ccccc21.Cn1nc(C(C)(C)NC(=O)[C@@H]2CNCCO2)c2c(F)cccc21. The van der Waals surface area contributed by atoms with Gasteiger partial charge in [-0.2, -0.15) is 20.4 Å². The van der Waals surface area contributed by atoms with Crippen molar-refractivity contribution in [3.05, 3.63) is 178 Å². The summed E-state index contributed by atoms with van der Waals surface area (Å²) in [4.78, 5) is 82.4. The summed E-state index contributed by atoms with van der Waals surface area (Å²) < 4.78 is 60.4. The molecule has 0 saturated carbocycles. The van der Waals surface area contributed by atoms with Gasteiger partial charge in [0, 0.05) is 121 Å². The van der Waals surface area contributed by atoms with Crippen LogP contribution in [0.5, 0.6) is 5.75 Å². The maximum absolute atomic E-state index is 14.3. The van der Waals surface area contributed by atoms with Gasteiger partial charge in [-0.1, -0.05) is 90.5 Å². The van der Waals surface area contributed by atoms with Gasteiger partial charge in [0.2, 0.25) is 11.8 Å². The molecular weight excluding hydrogens is 1750 g/mol. The molecule has 730 valence electrons. The lowest BCUT2D eigenvalue weighted by Gasteiger charge is -2.30. The second-order valence-electron chi connectivity index (χ2n) is 37.8. The van der Waals surface area contributed by atoms with Crippen LogP contribution in [0.15, 0.2) is 133 Å². The number of para-hydroxylation sites is 4. The molecule has 11 heterocycles. The number of H-pyrrole nitrogens is 1. The number of aromatic amines is 1. The lowest BCUT2D eigenvalue weighted by atomic mass is 9.96. The van der Waals surface area contributed by atoms with Crippen molar-refractivity contribution in [3.63, 3.8) is 0 Å². The van der Waals surface area contributed by atoms with Crippen molar-refractivity contribution >= 4 is 102 Å². The molecule has 6 atom stereocenters. The lowest BCUT2D eigenvalue weighted by Crippen LogP contribution is -2.55. The van der Waals surface area contributed by atoms with E-state index in [9.17, 15) is 33.2 Å². The number of fused-ring (bicyclic) bond motifs is 5. The van der Waals surface area contributed by atoms with Gasteiger partial charge in [0.1, 0.15) is 54.5 Å². The number of ether oxygens (including phenoxy) is 7. The van der Waals surface area contributed by atoms with Gasteiger partial charge in [-0.3, -0.25) is 47.5 Å². The number of carbonyl (C=O) groups excluding carboxylic acids is 6. The van der Waals surface area contributed by atoms with Gasteiger partial charge in [-0.05, 0) is 176 Å². The minimum Gasteiger partial charge on any atom is -0.491 e. The average Bonchev–Trinajstić information content (AvgIpc) is 1.50. The number of carbonyl (C=O) groups is 6. The Labute approximate surface area is 793 Å². The Morgan fingerprint density at radius 1 is 0.430 bits per heavy atom. The van der Waals surface area contributed by atoms with Crippen LogP contribution in [0.1, 0.15) is 130 Å². The number of aromatic nitrogens is 10. The fraction of sp³-hybridized carbons (Fsp3) is 0.520. The molecule has 35 nitrogen and oxygen atoms in total. The van der Waals surface area contributed by atoms with E-state index < -0.39 is 63.8 Å². The summed E-state index contributed by atoms with van der Waals surface area (Å²) in [6, 6.07) is 42.3. The summed E-state index contributed by atoms with van der Waals surface area (Å²) >= 11 is 5.99. The van der Waals surface area contributed by atoms with Gasteiger partial charge < -0.3 is 102 Å². The first-order valence-corrected chi connectivity index (χ1v) is 46.7. The maximum Gasteiger partial charge on any atom is 0.251 e. The minimum atomic E-state index is -0.820. The first-order valence-electron chi connectivity index (χ1n) is 46.3. The number of nitrogens with one attached hydrogen (secondary N) is 13. The molecular formula is C98H136ClFN22O13. The number of halogens is 2. The Bertz CT molecular complexity index is 5530. The molecule has 0 aliphatic carbocycles. The van der Waals surface area contributed by atoms with Crippen LogP contribution in [0.2, 0.25) is 5.02 Å². The van der Waals surface area contributed by atoms with Crippen LogP contribution >= 0.6 is 11.6 Å². The van der Waals surface area contributed by atoms with Crippen molar-refractivity contribution in [1.82, 2.24) is 113 Å². The van der Waals surface area contributed by atoms with Crippen LogP contribution in [0.25, 0.3) is 54.6 Å². The van der Waals surface area contributed by atoms with Gasteiger partial charge in [0.25, 0.3) is 23.6 Å². The summed E-state index contributed by atoms with van der Waals surface area (Å²) in [5, 5.41) is 59.9. The number of morpholine rings is 3. The van der Waals surface area contributed by atoms with Gasteiger partial charge in [0.15, 0.2) is 0 Å². The molecule has 0 spiro atoms. The van der Waals surface area contributed by atoms with Crippen molar-refractivity contribution in [1.29, 1.82) is 0 Å². The maximum atomic E-state index is 14.3. The summed E-state index contributed by atoms with van der Waals surface area (Å²) in [5.41, 5.74) is 6.12. The van der Waals surface area contributed by atoms with Gasteiger partial charge in [-0.25, -0.2) is 9.37 Å². The summed E-state index contributed by atoms with van der Waals surface area (Å²) in [6.45, 7) is 37.8. The Balaban J connectivity index is 0.000000146. The molecule has 6 aliphatic rings.